The molecule has 2 aliphatic rings. The Morgan fingerprint density at radius 3 is 3.17 bits per heavy atom. The summed E-state index contributed by atoms with van der Waals surface area (Å²) in [5.41, 5.74) is 3.60. The molecule has 1 atom stereocenters. The number of ether oxygens (including phenoxy) is 1. The Labute approximate surface area is 107 Å². The Morgan fingerprint density at radius 2 is 2.39 bits per heavy atom. The van der Waals surface area contributed by atoms with Crippen LogP contribution in [0.5, 0.6) is 0 Å². The van der Waals surface area contributed by atoms with Gasteiger partial charge in [0.05, 0.1) is 12.2 Å². The zero-order valence-electron chi connectivity index (χ0n) is 10.7. The second-order valence-corrected chi connectivity index (χ2v) is 5.18. The molecule has 1 aliphatic carbocycles. The van der Waals surface area contributed by atoms with Gasteiger partial charge >= 0.3 is 0 Å². The van der Waals surface area contributed by atoms with Crippen molar-refractivity contribution in [1.82, 2.24) is 15.1 Å². The number of aryl methyl sites for hydroxylation is 1. The number of nitrogens with zero attached hydrogens (tertiary/aromatic N) is 2. The van der Waals surface area contributed by atoms with Crippen LogP contribution >= 0.6 is 0 Å². The largest absolute Gasteiger partial charge is 0.368 e. The smallest absolute Gasteiger partial charge is 0.251 e. The fourth-order valence-electron chi connectivity index (χ4n) is 2.84. The van der Waals surface area contributed by atoms with Crippen LogP contribution in [0, 0.1) is 0 Å². The average Bonchev–Trinajstić information content (AvgIpc) is 3.06. The molecule has 1 aromatic heterocycles. The number of hydrogen-bond acceptors (Lipinski definition) is 3. The van der Waals surface area contributed by atoms with Crippen LogP contribution in [0.25, 0.3) is 0 Å². The standard InChI is InChI=1S/C13H19N3O2/c1-16(13(17)12-6-3-7-18-12)8-11-9-4-2-5-10(9)14-15-11/h12H,2-8H2,1H3,(H,14,15)/t12-/m1/s1. The molecule has 1 saturated heterocycles. The molecule has 0 spiro atoms. The lowest BCUT2D eigenvalue weighted by Gasteiger charge is -2.20. The maximum Gasteiger partial charge on any atom is 0.251 e. The lowest BCUT2D eigenvalue weighted by Crippen LogP contribution is -2.35. The number of aromatic amines is 1. The number of rotatable bonds is 3. The molecule has 0 aromatic carbocycles. The number of likely N-dealkylation sites (N-methyl/N-ethyl adjacent to an activating group) is 1. The fraction of sp³-hybridized carbons (Fsp3) is 0.692. The first-order valence-corrected chi connectivity index (χ1v) is 6.67. The maximum absolute atomic E-state index is 12.1. The molecule has 0 unspecified atom stereocenters. The molecular weight excluding hydrogens is 230 g/mol. The number of carbonyl (C=O) groups is 1. The van der Waals surface area contributed by atoms with E-state index in [0.717, 1.165) is 31.4 Å². The molecule has 1 N–H and O–H groups in total. The summed E-state index contributed by atoms with van der Waals surface area (Å²) in [6.45, 7) is 1.30. The summed E-state index contributed by atoms with van der Waals surface area (Å²) in [7, 11) is 1.83. The van der Waals surface area contributed by atoms with Crippen molar-refractivity contribution >= 4 is 5.91 Å². The van der Waals surface area contributed by atoms with Crippen LogP contribution in [0.15, 0.2) is 0 Å². The normalized spacial score (nSPS) is 22.2. The molecule has 1 aromatic rings. The molecule has 1 fully saturated rings. The summed E-state index contributed by atoms with van der Waals surface area (Å²) in [4.78, 5) is 13.9. The molecular formula is C13H19N3O2. The van der Waals surface area contributed by atoms with Gasteiger partial charge in [-0.2, -0.15) is 5.10 Å². The van der Waals surface area contributed by atoms with E-state index >= 15 is 0 Å². The van der Waals surface area contributed by atoms with Crippen molar-refractivity contribution < 1.29 is 9.53 Å². The third-order valence-electron chi connectivity index (χ3n) is 3.86. The zero-order valence-corrected chi connectivity index (χ0v) is 10.7. The minimum absolute atomic E-state index is 0.0854. The van der Waals surface area contributed by atoms with Crippen molar-refractivity contribution in [3.63, 3.8) is 0 Å². The SMILES string of the molecule is CN(Cc1n[nH]c2c1CCC2)C(=O)[C@H]1CCCO1. The van der Waals surface area contributed by atoms with E-state index in [1.54, 1.807) is 4.90 Å². The summed E-state index contributed by atoms with van der Waals surface area (Å²) in [5, 5.41) is 7.41. The van der Waals surface area contributed by atoms with Gasteiger partial charge in [-0.25, -0.2) is 0 Å². The second-order valence-electron chi connectivity index (χ2n) is 5.18. The number of fused-ring (bicyclic) bond motifs is 1. The van der Waals surface area contributed by atoms with E-state index in [2.05, 4.69) is 10.2 Å². The molecule has 5 heteroatoms. The minimum atomic E-state index is -0.234. The highest BCUT2D eigenvalue weighted by Crippen LogP contribution is 2.24. The van der Waals surface area contributed by atoms with Crippen LogP contribution in [0.3, 0.4) is 0 Å². The molecule has 2 heterocycles. The van der Waals surface area contributed by atoms with Crippen molar-refractivity contribution in [2.45, 2.75) is 44.8 Å². The summed E-state index contributed by atoms with van der Waals surface area (Å²) < 4.78 is 5.43. The van der Waals surface area contributed by atoms with Crippen LogP contribution in [-0.4, -0.2) is 40.8 Å². The third-order valence-corrected chi connectivity index (χ3v) is 3.86. The van der Waals surface area contributed by atoms with Gasteiger partial charge in [0, 0.05) is 19.3 Å². The number of amides is 1. The lowest BCUT2D eigenvalue weighted by molar-refractivity contribution is -0.140. The first kappa shape index (κ1) is 11.7. The zero-order chi connectivity index (χ0) is 12.5. The van der Waals surface area contributed by atoms with E-state index < -0.39 is 0 Å². The molecule has 5 nitrogen and oxygen atoms in total. The van der Waals surface area contributed by atoms with Crippen molar-refractivity contribution in [3.05, 3.63) is 17.0 Å². The lowest BCUT2D eigenvalue weighted by atomic mass is 10.2. The molecule has 1 amide bonds. The van der Waals surface area contributed by atoms with Gasteiger partial charge in [-0.3, -0.25) is 9.89 Å². The highest BCUT2D eigenvalue weighted by molar-refractivity contribution is 5.80. The molecule has 1 aliphatic heterocycles. The fourth-order valence-corrected chi connectivity index (χ4v) is 2.84. The Balaban J connectivity index is 1.66. The highest BCUT2D eigenvalue weighted by Gasteiger charge is 2.28. The van der Waals surface area contributed by atoms with Crippen LogP contribution in [0.4, 0.5) is 0 Å². The molecule has 0 saturated carbocycles. The van der Waals surface area contributed by atoms with Crippen molar-refractivity contribution in [2.75, 3.05) is 13.7 Å². The van der Waals surface area contributed by atoms with Crippen molar-refractivity contribution in [1.29, 1.82) is 0 Å². The maximum atomic E-state index is 12.1. The van der Waals surface area contributed by atoms with Gasteiger partial charge in [0.2, 0.25) is 0 Å². The van der Waals surface area contributed by atoms with E-state index in [-0.39, 0.29) is 12.0 Å². The van der Waals surface area contributed by atoms with Crippen LogP contribution in [0.1, 0.15) is 36.2 Å². The van der Waals surface area contributed by atoms with E-state index in [9.17, 15) is 4.79 Å². The first-order chi connectivity index (χ1) is 8.75. The quantitative estimate of drug-likeness (QED) is 0.870. The summed E-state index contributed by atoms with van der Waals surface area (Å²) in [6.07, 6.45) is 4.97. The van der Waals surface area contributed by atoms with E-state index in [4.69, 9.17) is 4.74 Å². The van der Waals surface area contributed by atoms with E-state index in [1.807, 2.05) is 7.05 Å². The van der Waals surface area contributed by atoms with Crippen molar-refractivity contribution in [2.24, 2.45) is 0 Å². The monoisotopic (exact) mass is 249 g/mol. The first-order valence-electron chi connectivity index (χ1n) is 6.67. The van der Waals surface area contributed by atoms with E-state index in [1.165, 1.54) is 17.7 Å². The summed E-state index contributed by atoms with van der Waals surface area (Å²) in [5.74, 6) is 0.0854. The molecule has 18 heavy (non-hydrogen) atoms. The molecule has 0 radical (unpaired) electrons. The van der Waals surface area contributed by atoms with Gasteiger partial charge < -0.3 is 9.64 Å². The second kappa shape index (κ2) is 4.72. The highest BCUT2D eigenvalue weighted by atomic mass is 16.5. The van der Waals surface area contributed by atoms with Gasteiger partial charge in [0.25, 0.3) is 5.91 Å². The summed E-state index contributed by atoms with van der Waals surface area (Å²) >= 11 is 0. The van der Waals surface area contributed by atoms with Gasteiger partial charge in [0.1, 0.15) is 6.10 Å². The Hall–Kier alpha value is -1.36. The van der Waals surface area contributed by atoms with Gasteiger partial charge in [-0.15, -0.1) is 0 Å². The molecule has 0 bridgehead atoms. The number of carbonyl (C=O) groups excluding carboxylic acids is 1. The number of aromatic nitrogens is 2. The number of hydrogen-bond donors (Lipinski definition) is 1. The van der Waals surface area contributed by atoms with Crippen LogP contribution in [0.2, 0.25) is 0 Å². The van der Waals surface area contributed by atoms with Crippen molar-refractivity contribution in [3.8, 4) is 0 Å². The number of H-pyrrole nitrogens is 1. The van der Waals surface area contributed by atoms with Gasteiger partial charge in [-0.05, 0) is 37.7 Å². The van der Waals surface area contributed by atoms with Gasteiger partial charge in [0.15, 0.2) is 0 Å². The van der Waals surface area contributed by atoms with Crippen LogP contribution in [-0.2, 0) is 28.9 Å². The number of nitrogens with one attached hydrogen (secondary N) is 1. The predicted octanol–water partition coefficient (Wildman–Crippen LogP) is 1.04. The Bertz CT molecular complexity index is 449. The van der Waals surface area contributed by atoms with E-state index in [0.29, 0.717) is 13.2 Å². The molecule has 98 valence electrons. The Morgan fingerprint density at radius 1 is 1.50 bits per heavy atom. The molecule has 3 rings (SSSR count). The Kier molecular flexibility index (Phi) is 3.07. The van der Waals surface area contributed by atoms with Crippen LogP contribution < -0.4 is 0 Å². The minimum Gasteiger partial charge on any atom is -0.368 e. The summed E-state index contributed by atoms with van der Waals surface area (Å²) in [6, 6.07) is 0. The average molecular weight is 249 g/mol. The topological polar surface area (TPSA) is 58.2 Å². The third kappa shape index (κ3) is 2.03. The predicted molar refractivity (Wildman–Crippen MR) is 66.1 cm³/mol. The van der Waals surface area contributed by atoms with Gasteiger partial charge in [-0.1, -0.05) is 0 Å².